The van der Waals surface area contributed by atoms with Gasteiger partial charge in [-0.2, -0.15) is 0 Å². The Morgan fingerprint density at radius 2 is 0.634 bits per heavy atom. The second kappa shape index (κ2) is 61.9. The standard InChI is InChI=1S/C67H121NO3/c1-3-5-7-9-11-13-15-17-19-21-23-25-27-28-29-30-31-32-33-34-35-36-37-38-39-40-41-43-45-47-49-51-53-55-57-59-61-63-67(71)68-65(64-69)66(70)62-60-58-56-54-52-50-48-46-44-42-26-24-22-20-18-16-14-12-10-8-6-4-2/h5,7,11,13,17,19,23,25,28-29,52,54,60,62,65-66,69-70H,3-4,6,8-10,12,14-16,18,20-22,24,26-27,30-51,53,55-59,61,63-64H2,1-2H3,(H,68,71)/b7-5-,13-11-,19-17-,25-23-,29-28-,54-52+,62-60+. The Hall–Kier alpha value is -2.43. The maximum atomic E-state index is 12.5. The molecule has 0 heterocycles. The van der Waals surface area contributed by atoms with Gasteiger partial charge in [-0.15, -0.1) is 0 Å². The number of aliphatic hydroxyl groups is 2. The van der Waals surface area contributed by atoms with Crippen LogP contribution < -0.4 is 5.32 Å². The molecule has 0 aromatic heterocycles. The monoisotopic (exact) mass is 988 g/mol. The molecule has 0 aromatic carbocycles. The lowest BCUT2D eigenvalue weighted by molar-refractivity contribution is -0.123. The first-order chi connectivity index (χ1) is 35.2. The molecule has 71 heavy (non-hydrogen) atoms. The predicted molar refractivity (Wildman–Crippen MR) is 317 cm³/mol. The second-order valence-electron chi connectivity index (χ2n) is 21.1. The summed E-state index contributed by atoms with van der Waals surface area (Å²) in [6.07, 6.45) is 90.6. The van der Waals surface area contributed by atoms with E-state index in [4.69, 9.17) is 0 Å². The van der Waals surface area contributed by atoms with E-state index < -0.39 is 12.1 Å². The van der Waals surface area contributed by atoms with Crippen molar-refractivity contribution < 1.29 is 15.0 Å². The van der Waals surface area contributed by atoms with Crippen LogP contribution in [0.3, 0.4) is 0 Å². The van der Waals surface area contributed by atoms with Gasteiger partial charge in [-0.05, 0) is 77.0 Å². The summed E-state index contributed by atoms with van der Waals surface area (Å²) in [7, 11) is 0. The second-order valence-corrected chi connectivity index (χ2v) is 21.1. The molecule has 0 saturated carbocycles. The Kier molecular flexibility index (Phi) is 59.8. The molecule has 0 rings (SSSR count). The molecule has 0 aromatic rings. The number of carbonyl (C=O) groups is 1. The van der Waals surface area contributed by atoms with E-state index in [9.17, 15) is 15.0 Å². The number of aliphatic hydroxyl groups excluding tert-OH is 2. The van der Waals surface area contributed by atoms with Crippen molar-refractivity contribution in [3.63, 3.8) is 0 Å². The highest BCUT2D eigenvalue weighted by atomic mass is 16.3. The summed E-state index contributed by atoms with van der Waals surface area (Å²) >= 11 is 0. The molecule has 412 valence electrons. The smallest absolute Gasteiger partial charge is 0.220 e. The van der Waals surface area contributed by atoms with Gasteiger partial charge in [0.05, 0.1) is 18.8 Å². The Morgan fingerprint density at radius 3 is 0.986 bits per heavy atom. The lowest BCUT2D eigenvalue weighted by Gasteiger charge is -2.19. The van der Waals surface area contributed by atoms with E-state index in [0.29, 0.717) is 6.42 Å². The molecular weight excluding hydrogens is 867 g/mol. The van der Waals surface area contributed by atoms with Crippen LogP contribution in [0.1, 0.15) is 316 Å². The summed E-state index contributed by atoms with van der Waals surface area (Å²) in [5.41, 5.74) is 0. The first-order valence-electron chi connectivity index (χ1n) is 31.3. The van der Waals surface area contributed by atoms with Gasteiger partial charge in [-0.25, -0.2) is 0 Å². The number of amides is 1. The highest BCUT2D eigenvalue weighted by molar-refractivity contribution is 5.76. The number of hydrogen-bond donors (Lipinski definition) is 3. The zero-order valence-corrected chi connectivity index (χ0v) is 47.5. The predicted octanol–water partition coefficient (Wildman–Crippen LogP) is 21.1. The molecule has 0 bridgehead atoms. The van der Waals surface area contributed by atoms with Crippen LogP contribution in [0, 0.1) is 0 Å². The van der Waals surface area contributed by atoms with Crippen LogP contribution in [0.4, 0.5) is 0 Å². The highest BCUT2D eigenvalue weighted by Gasteiger charge is 2.18. The van der Waals surface area contributed by atoms with Crippen molar-refractivity contribution in [2.75, 3.05) is 6.61 Å². The molecule has 4 nitrogen and oxygen atoms in total. The van der Waals surface area contributed by atoms with Crippen molar-refractivity contribution in [1.82, 2.24) is 5.32 Å². The van der Waals surface area contributed by atoms with Crippen LogP contribution in [0.25, 0.3) is 0 Å². The molecule has 2 unspecified atom stereocenters. The fourth-order valence-corrected chi connectivity index (χ4v) is 9.40. The Labute approximate surface area is 443 Å². The van der Waals surface area contributed by atoms with Gasteiger partial charge in [0.15, 0.2) is 0 Å². The van der Waals surface area contributed by atoms with E-state index in [1.165, 1.54) is 231 Å². The molecule has 0 radical (unpaired) electrons. The summed E-state index contributed by atoms with van der Waals surface area (Å²) in [6.45, 7) is 4.21. The first kappa shape index (κ1) is 68.6. The van der Waals surface area contributed by atoms with Crippen molar-refractivity contribution in [3.8, 4) is 0 Å². The number of rotatable bonds is 57. The fraction of sp³-hybridized carbons (Fsp3) is 0.776. The number of nitrogens with one attached hydrogen (secondary N) is 1. The van der Waals surface area contributed by atoms with Gasteiger partial charge >= 0.3 is 0 Å². The average molecular weight is 989 g/mol. The number of hydrogen-bond acceptors (Lipinski definition) is 3. The normalized spacial score (nSPS) is 13.4. The summed E-state index contributed by atoms with van der Waals surface area (Å²) < 4.78 is 0. The van der Waals surface area contributed by atoms with Crippen LogP contribution in [0.5, 0.6) is 0 Å². The van der Waals surface area contributed by atoms with E-state index >= 15 is 0 Å². The molecule has 1 amide bonds. The first-order valence-corrected chi connectivity index (χ1v) is 31.3. The van der Waals surface area contributed by atoms with E-state index in [-0.39, 0.29) is 12.5 Å². The highest BCUT2D eigenvalue weighted by Crippen LogP contribution is 2.17. The summed E-state index contributed by atoms with van der Waals surface area (Å²) in [4.78, 5) is 12.5. The largest absolute Gasteiger partial charge is 0.394 e. The molecule has 2 atom stereocenters. The van der Waals surface area contributed by atoms with Crippen molar-refractivity contribution in [2.45, 2.75) is 328 Å². The van der Waals surface area contributed by atoms with E-state index in [1.54, 1.807) is 6.08 Å². The number of carbonyl (C=O) groups excluding carboxylic acids is 1. The van der Waals surface area contributed by atoms with Crippen molar-refractivity contribution >= 4 is 5.91 Å². The molecule has 0 spiro atoms. The maximum absolute atomic E-state index is 12.5. The average Bonchev–Trinajstić information content (AvgIpc) is 3.37. The molecule has 3 N–H and O–H groups in total. The molecule has 0 aliphatic carbocycles. The molecule has 0 saturated heterocycles. The van der Waals surface area contributed by atoms with Crippen LogP contribution in [0.2, 0.25) is 0 Å². The quantitative estimate of drug-likeness (QED) is 0.0420. The van der Waals surface area contributed by atoms with E-state index in [2.05, 4.69) is 92.1 Å². The maximum Gasteiger partial charge on any atom is 0.220 e. The van der Waals surface area contributed by atoms with Gasteiger partial charge in [-0.1, -0.05) is 317 Å². The third kappa shape index (κ3) is 58.3. The molecule has 4 heteroatoms. The summed E-state index contributed by atoms with van der Waals surface area (Å²) in [5, 5.41) is 23.2. The Balaban J connectivity index is 3.48. The minimum atomic E-state index is -0.865. The SMILES string of the molecule is CC/C=C\C/C=C\C/C=C\C/C=C\C/C=C\CCCCCCCCCCCCCCCCCCCCCCCC(=O)NC(CO)C(O)/C=C/CC/C=C/CCCCCCCCCCCCCCCCCC. The molecule has 0 aliphatic rings. The minimum absolute atomic E-state index is 0.0703. The van der Waals surface area contributed by atoms with E-state index in [1.807, 2.05) is 6.08 Å². The van der Waals surface area contributed by atoms with Crippen LogP contribution in [-0.2, 0) is 4.79 Å². The number of allylic oxidation sites excluding steroid dienone is 13. The van der Waals surface area contributed by atoms with Crippen molar-refractivity contribution in [3.05, 3.63) is 85.1 Å². The molecular formula is C67H121NO3. The summed E-state index contributed by atoms with van der Waals surface area (Å²) in [5.74, 6) is -0.0703. The van der Waals surface area contributed by atoms with Gasteiger partial charge in [0.1, 0.15) is 0 Å². The van der Waals surface area contributed by atoms with Crippen molar-refractivity contribution in [1.29, 1.82) is 0 Å². The van der Waals surface area contributed by atoms with Gasteiger partial charge in [-0.3, -0.25) is 4.79 Å². The third-order valence-electron chi connectivity index (χ3n) is 14.1. The fourth-order valence-electron chi connectivity index (χ4n) is 9.40. The topological polar surface area (TPSA) is 69.6 Å². The minimum Gasteiger partial charge on any atom is -0.394 e. The Morgan fingerprint density at radius 1 is 0.352 bits per heavy atom. The summed E-state index contributed by atoms with van der Waals surface area (Å²) in [6, 6.07) is -0.642. The van der Waals surface area contributed by atoms with Gasteiger partial charge in [0, 0.05) is 6.42 Å². The molecule has 0 fully saturated rings. The zero-order chi connectivity index (χ0) is 51.3. The van der Waals surface area contributed by atoms with Gasteiger partial charge in [0.2, 0.25) is 5.91 Å². The van der Waals surface area contributed by atoms with Crippen molar-refractivity contribution in [2.24, 2.45) is 0 Å². The van der Waals surface area contributed by atoms with Crippen LogP contribution in [0.15, 0.2) is 85.1 Å². The van der Waals surface area contributed by atoms with Crippen LogP contribution >= 0.6 is 0 Å². The van der Waals surface area contributed by atoms with Crippen LogP contribution in [-0.4, -0.2) is 34.9 Å². The lowest BCUT2D eigenvalue weighted by Crippen LogP contribution is -2.45. The van der Waals surface area contributed by atoms with Gasteiger partial charge < -0.3 is 15.5 Å². The van der Waals surface area contributed by atoms with E-state index in [0.717, 1.165) is 64.2 Å². The lowest BCUT2D eigenvalue weighted by atomic mass is 10.0. The Bertz CT molecular complexity index is 1260. The molecule has 0 aliphatic heterocycles. The zero-order valence-electron chi connectivity index (χ0n) is 47.5. The van der Waals surface area contributed by atoms with Gasteiger partial charge in [0.25, 0.3) is 0 Å². The third-order valence-corrected chi connectivity index (χ3v) is 14.1. The number of unbranched alkanes of at least 4 members (excludes halogenated alkanes) is 38.